The van der Waals surface area contributed by atoms with Crippen molar-refractivity contribution in [1.29, 1.82) is 0 Å². The molecule has 96 valence electrons. The third-order valence-electron chi connectivity index (χ3n) is 2.62. The summed E-state index contributed by atoms with van der Waals surface area (Å²) in [6.45, 7) is 1.62. The predicted molar refractivity (Wildman–Crippen MR) is 81.2 cm³/mol. The number of anilines is 1. The zero-order valence-corrected chi connectivity index (χ0v) is 12.2. The van der Waals surface area contributed by atoms with Gasteiger partial charge in [-0.25, -0.2) is 4.98 Å². The molecule has 2 rings (SSSR count). The highest BCUT2D eigenvalue weighted by Crippen LogP contribution is 2.24. The smallest absolute Gasteiger partial charge is 0.123 e. The summed E-state index contributed by atoms with van der Waals surface area (Å²) in [6, 6.07) is 8.36. The summed E-state index contributed by atoms with van der Waals surface area (Å²) in [5, 5.41) is 3.03. The number of rotatable bonds is 6. The minimum atomic E-state index is 0.602. The Morgan fingerprint density at radius 3 is 2.22 bits per heavy atom. The van der Waals surface area contributed by atoms with E-state index < -0.39 is 0 Å². The molecule has 1 aromatic carbocycles. The van der Waals surface area contributed by atoms with Crippen molar-refractivity contribution in [3.63, 3.8) is 0 Å². The van der Waals surface area contributed by atoms with Crippen LogP contribution in [0.25, 0.3) is 10.6 Å². The molecule has 1 heterocycles. The number of hydrogen-bond acceptors (Lipinski definition) is 3. The second-order valence-corrected chi connectivity index (χ2v) is 5.40. The summed E-state index contributed by atoms with van der Waals surface area (Å²) in [5.41, 5.74) is 2.29. The average Bonchev–Trinajstić information content (AvgIpc) is 2.93. The molecule has 0 bridgehead atoms. The molecule has 0 fully saturated rings. The van der Waals surface area contributed by atoms with E-state index in [0.29, 0.717) is 11.8 Å². The van der Waals surface area contributed by atoms with Crippen LogP contribution < -0.4 is 4.90 Å². The normalized spacial score (nSPS) is 10.6. The highest BCUT2D eigenvalue weighted by molar-refractivity contribution is 7.13. The molecule has 2 aromatic rings. The van der Waals surface area contributed by atoms with E-state index >= 15 is 0 Å². The summed E-state index contributed by atoms with van der Waals surface area (Å²) in [4.78, 5) is 6.48. The van der Waals surface area contributed by atoms with Crippen molar-refractivity contribution in [1.82, 2.24) is 4.98 Å². The largest absolute Gasteiger partial charge is 0.369 e. The Morgan fingerprint density at radius 1 is 1.06 bits per heavy atom. The van der Waals surface area contributed by atoms with Crippen LogP contribution in [-0.4, -0.2) is 29.8 Å². The van der Waals surface area contributed by atoms with Gasteiger partial charge in [0.05, 0.1) is 0 Å². The summed E-state index contributed by atoms with van der Waals surface area (Å²) < 4.78 is 0. The van der Waals surface area contributed by atoms with E-state index in [9.17, 15) is 0 Å². The summed E-state index contributed by atoms with van der Waals surface area (Å²) >= 11 is 13.2. The fourth-order valence-electron chi connectivity index (χ4n) is 1.75. The Labute approximate surface area is 121 Å². The third kappa shape index (κ3) is 3.37. The molecule has 0 aliphatic carbocycles. The first-order valence-electron chi connectivity index (χ1n) is 5.72. The Bertz CT molecular complexity index is 450. The highest BCUT2D eigenvalue weighted by atomic mass is 35.5. The summed E-state index contributed by atoms with van der Waals surface area (Å²) in [7, 11) is 0. The van der Waals surface area contributed by atoms with Gasteiger partial charge in [0.1, 0.15) is 5.01 Å². The van der Waals surface area contributed by atoms with Gasteiger partial charge in [-0.1, -0.05) is 0 Å². The minimum absolute atomic E-state index is 0.602. The first-order chi connectivity index (χ1) is 8.85. The van der Waals surface area contributed by atoms with Crippen molar-refractivity contribution >= 4 is 40.2 Å². The first kappa shape index (κ1) is 13.7. The second kappa shape index (κ2) is 6.98. The van der Waals surface area contributed by atoms with Crippen molar-refractivity contribution in [3.05, 3.63) is 35.8 Å². The quantitative estimate of drug-likeness (QED) is 0.747. The maximum absolute atomic E-state index is 5.80. The van der Waals surface area contributed by atoms with Gasteiger partial charge in [0.25, 0.3) is 0 Å². The van der Waals surface area contributed by atoms with Gasteiger partial charge in [-0.05, 0) is 24.3 Å². The van der Waals surface area contributed by atoms with Crippen LogP contribution >= 0.6 is 34.5 Å². The maximum Gasteiger partial charge on any atom is 0.123 e. The molecule has 0 amide bonds. The van der Waals surface area contributed by atoms with Crippen molar-refractivity contribution < 1.29 is 0 Å². The van der Waals surface area contributed by atoms with Crippen molar-refractivity contribution in [2.45, 2.75) is 0 Å². The molecule has 2 nitrogen and oxygen atoms in total. The lowest BCUT2D eigenvalue weighted by Gasteiger charge is -2.22. The van der Waals surface area contributed by atoms with Gasteiger partial charge in [-0.3, -0.25) is 0 Å². The van der Waals surface area contributed by atoms with Gasteiger partial charge in [0.15, 0.2) is 0 Å². The Kier molecular flexibility index (Phi) is 5.29. The third-order valence-corrected chi connectivity index (χ3v) is 3.78. The van der Waals surface area contributed by atoms with E-state index in [1.54, 1.807) is 11.3 Å². The van der Waals surface area contributed by atoms with Crippen LogP contribution in [0, 0.1) is 0 Å². The first-order valence-corrected chi connectivity index (χ1v) is 7.67. The zero-order valence-electron chi connectivity index (χ0n) is 9.85. The lowest BCUT2D eigenvalue weighted by Crippen LogP contribution is -2.27. The van der Waals surface area contributed by atoms with Crippen LogP contribution in [0.1, 0.15) is 0 Å². The van der Waals surface area contributed by atoms with Gasteiger partial charge in [0, 0.05) is 47.7 Å². The number of benzene rings is 1. The molecule has 0 spiro atoms. The molecule has 0 saturated carbocycles. The molecular weight excluding hydrogens is 287 g/mol. The van der Waals surface area contributed by atoms with Crippen molar-refractivity contribution in [2.24, 2.45) is 0 Å². The molecule has 18 heavy (non-hydrogen) atoms. The van der Waals surface area contributed by atoms with E-state index in [2.05, 4.69) is 34.1 Å². The minimum Gasteiger partial charge on any atom is -0.369 e. The van der Waals surface area contributed by atoms with Crippen LogP contribution in [-0.2, 0) is 0 Å². The molecule has 5 heteroatoms. The fraction of sp³-hybridized carbons (Fsp3) is 0.308. The molecule has 0 radical (unpaired) electrons. The maximum atomic E-state index is 5.80. The molecular formula is C13H14Cl2N2S. The monoisotopic (exact) mass is 300 g/mol. The van der Waals surface area contributed by atoms with Gasteiger partial charge >= 0.3 is 0 Å². The lowest BCUT2D eigenvalue weighted by atomic mass is 10.2. The van der Waals surface area contributed by atoms with Crippen molar-refractivity contribution in [3.8, 4) is 10.6 Å². The molecule has 1 aromatic heterocycles. The molecule has 0 atom stereocenters. The Balaban J connectivity index is 2.15. The zero-order chi connectivity index (χ0) is 12.8. The highest BCUT2D eigenvalue weighted by Gasteiger charge is 2.06. The molecule has 0 aliphatic rings. The topological polar surface area (TPSA) is 16.1 Å². The number of nitrogens with zero attached hydrogens (tertiary/aromatic N) is 2. The average molecular weight is 301 g/mol. The van der Waals surface area contributed by atoms with Crippen LogP contribution in [0.15, 0.2) is 35.8 Å². The lowest BCUT2D eigenvalue weighted by molar-refractivity contribution is 0.874. The van der Waals surface area contributed by atoms with E-state index in [0.717, 1.165) is 29.3 Å². The Morgan fingerprint density at radius 2 is 1.72 bits per heavy atom. The van der Waals surface area contributed by atoms with Gasteiger partial charge in [0.2, 0.25) is 0 Å². The van der Waals surface area contributed by atoms with Gasteiger partial charge in [-0.15, -0.1) is 34.5 Å². The van der Waals surface area contributed by atoms with Crippen molar-refractivity contribution in [2.75, 3.05) is 29.7 Å². The van der Waals surface area contributed by atoms with Crippen LogP contribution in [0.2, 0.25) is 0 Å². The number of hydrogen-bond donors (Lipinski definition) is 0. The van der Waals surface area contributed by atoms with Crippen LogP contribution in [0.4, 0.5) is 5.69 Å². The standard InChI is InChI=1S/C13H14Cl2N2S/c14-5-8-17(9-6-15)12-3-1-11(2-4-12)13-16-7-10-18-13/h1-4,7,10H,5-6,8-9H2. The Hall–Kier alpha value is -0.770. The van der Waals surface area contributed by atoms with E-state index in [-0.39, 0.29) is 0 Å². The summed E-state index contributed by atoms with van der Waals surface area (Å²) in [5.74, 6) is 1.20. The number of aromatic nitrogens is 1. The van der Waals surface area contributed by atoms with E-state index in [4.69, 9.17) is 23.2 Å². The molecule has 0 unspecified atom stereocenters. The number of halogens is 2. The van der Waals surface area contributed by atoms with E-state index in [1.165, 1.54) is 0 Å². The number of thiazole rings is 1. The SMILES string of the molecule is ClCCN(CCCl)c1ccc(-c2nccs2)cc1. The molecule has 0 aliphatic heterocycles. The van der Waals surface area contributed by atoms with E-state index in [1.807, 2.05) is 11.6 Å². The summed E-state index contributed by atoms with van der Waals surface area (Å²) in [6.07, 6.45) is 1.82. The van der Waals surface area contributed by atoms with Gasteiger partial charge < -0.3 is 4.90 Å². The predicted octanol–water partition coefficient (Wildman–Crippen LogP) is 4.09. The second-order valence-electron chi connectivity index (χ2n) is 3.75. The molecule has 0 saturated heterocycles. The van der Waals surface area contributed by atoms with Crippen LogP contribution in [0.3, 0.4) is 0 Å². The van der Waals surface area contributed by atoms with Crippen LogP contribution in [0.5, 0.6) is 0 Å². The molecule has 0 N–H and O–H groups in total. The number of alkyl halides is 2. The van der Waals surface area contributed by atoms with Gasteiger partial charge in [-0.2, -0.15) is 0 Å². The fourth-order valence-corrected chi connectivity index (χ4v) is 2.81.